The van der Waals surface area contributed by atoms with Crippen LogP contribution in [0.3, 0.4) is 0 Å². The number of benzene rings is 3. The average Bonchev–Trinajstić information content (AvgIpc) is 3.01. The molecule has 1 atom stereocenters. The summed E-state index contributed by atoms with van der Waals surface area (Å²) in [5.41, 5.74) is 4.71. The SMILES string of the molecule is COc1cc(C2C3=C(CC(C)(C)CC3=O)Nc3ccccc3N2C(C)=O)ccc1OCc1ccccc1. The first-order valence-corrected chi connectivity index (χ1v) is 12.5. The highest BCUT2D eigenvalue weighted by Gasteiger charge is 2.42. The molecule has 1 heterocycles. The maximum atomic E-state index is 13.7. The van der Waals surface area contributed by atoms with E-state index in [2.05, 4.69) is 19.2 Å². The van der Waals surface area contributed by atoms with E-state index in [4.69, 9.17) is 9.47 Å². The minimum absolute atomic E-state index is 0.0474. The first kappa shape index (κ1) is 24.6. The number of para-hydroxylation sites is 2. The summed E-state index contributed by atoms with van der Waals surface area (Å²) in [5, 5.41) is 3.52. The van der Waals surface area contributed by atoms with Crippen molar-refractivity contribution < 1.29 is 19.1 Å². The Morgan fingerprint density at radius 1 is 1.00 bits per heavy atom. The van der Waals surface area contributed by atoms with Gasteiger partial charge < -0.3 is 14.8 Å². The minimum Gasteiger partial charge on any atom is -0.493 e. The molecule has 0 aromatic heterocycles. The maximum Gasteiger partial charge on any atom is 0.224 e. The van der Waals surface area contributed by atoms with E-state index in [0.717, 1.165) is 28.2 Å². The van der Waals surface area contributed by atoms with Crippen LogP contribution in [0.25, 0.3) is 0 Å². The van der Waals surface area contributed by atoms with Gasteiger partial charge in [0.2, 0.25) is 5.91 Å². The van der Waals surface area contributed by atoms with Crippen LogP contribution in [0.4, 0.5) is 11.4 Å². The number of hydrogen-bond acceptors (Lipinski definition) is 5. The Labute approximate surface area is 217 Å². The lowest BCUT2D eigenvalue weighted by atomic mass is 9.73. The second-order valence-corrected chi connectivity index (χ2v) is 10.5. The average molecular weight is 497 g/mol. The molecule has 1 aliphatic heterocycles. The van der Waals surface area contributed by atoms with Gasteiger partial charge in [-0.15, -0.1) is 0 Å². The molecular formula is C31H32N2O4. The van der Waals surface area contributed by atoms with Gasteiger partial charge >= 0.3 is 0 Å². The highest BCUT2D eigenvalue weighted by molar-refractivity contribution is 6.05. The third-order valence-electron chi connectivity index (χ3n) is 6.98. The van der Waals surface area contributed by atoms with Gasteiger partial charge in [0.25, 0.3) is 0 Å². The second kappa shape index (κ2) is 9.77. The summed E-state index contributed by atoms with van der Waals surface area (Å²) in [5.74, 6) is 1.05. The lowest BCUT2D eigenvalue weighted by Crippen LogP contribution is -2.38. The van der Waals surface area contributed by atoms with E-state index in [9.17, 15) is 9.59 Å². The minimum atomic E-state index is -0.593. The van der Waals surface area contributed by atoms with E-state index in [0.29, 0.717) is 36.5 Å². The highest BCUT2D eigenvalue weighted by atomic mass is 16.5. The molecule has 1 N–H and O–H groups in total. The number of Topliss-reactive ketones (excluding diaryl/α,β-unsaturated/α-hetero) is 1. The number of methoxy groups -OCH3 is 1. The summed E-state index contributed by atoms with van der Waals surface area (Å²) in [7, 11) is 1.60. The van der Waals surface area contributed by atoms with Crippen molar-refractivity contribution in [1.29, 1.82) is 0 Å². The quantitative estimate of drug-likeness (QED) is 0.440. The van der Waals surface area contributed by atoms with Gasteiger partial charge in [0.15, 0.2) is 17.3 Å². The number of rotatable bonds is 5. The summed E-state index contributed by atoms with van der Waals surface area (Å²) in [6, 6.07) is 22.7. The summed E-state index contributed by atoms with van der Waals surface area (Å²) < 4.78 is 11.8. The fraction of sp³-hybridized carbons (Fsp3) is 0.290. The molecule has 0 fully saturated rings. The Morgan fingerprint density at radius 3 is 2.46 bits per heavy atom. The van der Waals surface area contributed by atoms with E-state index in [1.807, 2.05) is 72.8 Å². The molecule has 5 rings (SSSR count). The Balaban J connectivity index is 1.62. The van der Waals surface area contributed by atoms with Crippen molar-refractivity contribution in [1.82, 2.24) is 0 Å². The molecule has 1 aliphatic carbocycles. The normalized spacial score (nSPS) is 18.3. The Kier molecular flexibility index (Phi) is 6.50. The first-order valence-electron chi connectivity index (χ1n) is 12.5. The third-order valence-corrected chi connectivity index (χ3v) is 6.98. The van der Waals surface area contributed by atoms with E-state index in [1.54, 1.807) is 18.9 Å². The number of carbonyl (C=O) groups excluding carboxylic acids is 2. The van der Waals surface area contributed by atoms with Gasteiger partial charge in [-0.25, -0.2) is 0 Å². The van der Waals surface area contributed by atoms with Crippen LogP contribution >= 0.6 is 0 Å². The molecule has 190 valence electrons. The number of ether oxygens (including phenoxy) is 2. The first-order chi connectivity index (χ1) is 17.8. The number of nitrogens with one attached hydrogen (secondary N) is 1. The van der Waals surface area contributed by atoms with Gasteiger partial charge in [0.05, 0.1) is 24.5 Å². The summed E-state index contributed by atoms with van der Waals surface area (Å²) in [4.78, 5) is 28.6. The van der Waals surface area contributed by atoms with Crippen molar-refractivity contribution >= 4 is 23.1 Å². The molecule has 1 unspecified atom stereocenters. The monoisotopic (exact) mass is 496 g/mol. The standard InChI is InChI=1S/C31H32N2O4/c1-20(34)33-25-13-9-8-12-23(25)32-24-17-31(2,3)18-26(35)29(24)30(33)22-14-15-27(28(16-22)36-4)37-19-21-10-6-5-7-11-21/h5-16,30,32H,17-19H2,1-4H3. The van der Waals surface area contributed by atoms with Crippen LogP contribution < -0.4 is 19.7 Å². The number of nitrogens with zero attached hydrogens (tertiary/aromatic N) is 1. The summed E-state index contributed by atoms with van der Waals surface area (Å²) in [6.07, 6.45) is 1.13. The van der Waals surface area contributed by atoms with Gasteiger partial charge in [-0.2, -0.15) is 0 Å². The number of fused-ring (bicyclic) bond motifs is 1. The molecule has 6 nitrogen and oxygen atoms in total. The lowest BCUT2D eigenvalue weighted by molar-refractivity contribution is -0.118. The molecule has 0 saturated carbocycles. The number of amides is 1. The molecule has 0 spiro atoms. The fourth-order valence-corrected chi connectivity index (χ4v) is 5.36. The van der Waals surface area contributed by atoms with Crippen LogP contribution in [0.15, 0.2) is 84.1 Å². The van der Waals surface area contributed by atoms with Gasteiger partial charge in [0, 0.05) is 24.6 Å². The fourth-order valence-electron chi connectivity index (χ4n) is 5.36. The molecule has 37 heavy (non-hydrogen) atoms. The zero-order chi connectivity index (χ0) is 26.2. The van der Waals surface area contributed by atoms with E-state index in [1.165, 1.54) is 0 Å². The van der Waals surface area contributed by atoms with Crippen molar-refractivity contribution in [2.75, 3.05) is 17.3 Å². The maximum absolute atomic E-state index is 13.7. The Morgan fingerprint density at radius 2 is 1.73 bits per heavy atom. The molecule has 2 aliphatic rings. The van der Waals surface area contributed by atoms with Crippen LogP contribution in [-0.2, 0) is 16.2 Å². The number of carbonyl (C=O) groups is 2. The second-order valence-electron chi connectivity index (χ2n) is 10.5. The van der Waals surface area contributed by atoms with Crippen molar-refractivity contribution in [3.05, 3.63) is 95.2 Å². The molecule has 0 bridgehead atoms. The van der Waals surface area contributed by atoms with Gasteiger partial charge in [-0.05, 0) is 47.2 Å². The number of hydrogen-bond donors (Lipinski definition) is 1. The number of anilines is 2. The molecule has 6 heteroatoms. The van der Waals surface area contributed by atoms with Gasteiger partial charge in [-0.3, -0.25) is 14.5 Å². The largest absolute Gasteiger partial charge is 0.493 e. The molecule has 1 amide bonds. The molecule has 0 radical (unpaired) electrons. The topological polar surface area (TPSA) is 67.9 Å². The van der Waals surface area contributed by atoms with Crippen molar-refractivity contribution in [3.8, 4) is 11.5 Å². The Bertz CT molecular complexity index is 1380. The molecule has 0 saturated heterocycles. The summed E-state index contributed by atoms with van der Waals surface area (Å²) in [6.45, 7) is 6.15. The number of ketones is 1. The Hall–Kier alpha value is -4.06. The highest BCUT2D eigenvalue weighted by Crippen LogP contribution is 2.49. The lowest BCUT2D eigenvalue weighted by Gasteiger charge is -2.37. The van der Waals surface area contributed by atoms with Crippen LogP contribution in [-0.4, -0.2) is 18.8 Å². The van der Waals surface area contributed by atoms with Crippen molar-refractivity contribution in [2.45, 2.75) is 46.3 Å². The third kappa shape index (κ3) is 4.84. The summed E-state index contributed by atoms with van der Waals surface area (Å²) >= 11 is 0. The van der Waals surface area contributed by atoms with Crippen molar-refractivity contribution in [3.63, 3.8) is 0 Å². The number of allylic oxidation sites excluding steroid dienone is 1. The van der Waals surface area contributed by atoms with E-state index in [-0.39, 0.29) is 17.1 Å². The predicted octanol–water partition coefficient (Wildman–Crippen LogP) is 6.44. The van der Waals surface area contributed by atoms with Gasteiger partial charge in [0.1, 0.15) is 6.61 Å². The predicted molar refractivity (Wildman–Crippen MR) is 145 cm³/mol. The zero-order valence-electron chi connectivity index (χ0n) is 21.7. The zero-order valence-corrected chi connectivity index (χ0v) is 21.7. The van der Waals surface area contributed by atoms with Crippen LogP contribution in [0, 0.1) is 5.41 Å². The smallest absolute Gasteiger partial charge is 0.224 e. The molecular weight excluding hydrogens is 464 g/mol. The van der Waals surface area contributed by atoms with E-state index >= 15 is 0 Å². The van der Waals surface area contributed by atoms with E-state index < -0.39 is 6.04 Å². The van der Waals surface area contributed by atoms with Crippen LogP contribution in [0.5, 0.6) is 11.5 Å². The van der Waals surface area contributed by atoms with Crippen LogP contribution in [0.1, 0.15) is 50.8 Å². The molecule has 3 aromatic carbocycles. The van der Waals surface area contributed by atoms with Crippen molar-refractivity contribution in [2.24, 2.45) is 5.41 Å². The van der Waals surface area contributed by atoms with Crippen LogP contribution in [0.2, 0.25) is 0 Å². The van der Waals surface area contributed by atoms with Gasteiger partial charge in [-0.1, -0.05) is 62.4 Å². The molecule has 3 aromatic rings.